The molecular formula is C11H11ClN2O. The molecule has 0 aromatic heterocycles. The zero-order chi connectivity index (χ0) is 11.1. The molecule has 0 spiro atoms. The maximum atomic E-state index is 11.2. The lowest BCUT2D eigenvalue weighted by Crippen LogP contribution is -2.29. The fourth-order valence-electron chi connectivity index (χ4n) is 1.03. The van der Waals surface area contributed by atoms with E-state index in [2.05, 4.69) is 17.3 Å². The molecule has 78 valence electrons. The van der Waals surface area contributed by atoms with Crippen LogP contribution < -0.4 is 11.3 Å². The highest BCUT2D eigenvalue weighted by Crippen LogP contribution is 2.03. The van der Waals surface area contributed by atoms with E-state index in [1.807, 2.05) is 6.07 Å². The van der Waals surface area contributed by atoms with Crippen molar-refractivity contribution >= 4 is 17.5 Å². The van der Waals surface area contributed by atoms with Crippen molar-refractivity contribution in [1.29, 1.82) is 0 Å². The molecule has 0 aliphatic carbocycles. The van der Waals surface area contributed by atoms with Crippen molar-refractivity contribution in [2.45, 2.75) is 6.42 Å². The minimum atomic E-state index is -0.323. The summed E-state index contributed by atoms with van der Waals surface area (Å²) in [4.78, 5) is 11.2. The number of benzene rings is 1. The summed E-state index contributed by atoms with van der Waals surface area (Å²) in [5, 5.41) is 0. The van der Waals surface area contributed by atoms with E-state index in [4.69, 9.17) is 17.4 Å². The summed E-state index contributed by atoms with van der Waals surface area (Å²) in [7, 11) is 0. The normalized spacial score (nSPS) is 8.93. The molecular weight excluding hydrogens is 212 g/mol. The molecule has 0 bridgehead atoms. The number of rotatable bonds is 2. The minimum Gasteiger partial charge on any atom is -0.290 e. The lowest BCUT2D eigenvalue weighted by atomic mass is 10.1. The molecule has 1 aromatic rings. The molecule has 0 saturated carbocycles. The van der Waals surface area contributed by atoms with Crippen LogP contribution in [0.15, 0.2) is 24.3 Å². The summed E-state index contributed by atoms with van der Waals surface area (Å²) in [6.45, 7) is 0. The number of amides is 1. The van der Waals surface area contributed by atoms with Gasteiger partial charge in [0.05, 0.1) is 0 Å². The number of hydrogen-bond acceptors (Lipinski definition) is 2. The second kappa shape index (κ2) is 6.07. The molecule has 0 fully saturated rings. The molecule has 1 aromatic carbocycles. The average Bonchev–Trinajstić information content (AvgIpc) is 2.29. The molecule has 1 amide bonds. The molecule has 0 aliphatic rings. The molecule has 0 radical (unpaired) electrons. The van der Waals surface area contributed by atoms with Crippen molar-refractivity contribution in [3.8, 4) is 11.8 Å². The van der Waals surface area contributed by atoms with Gasteiger partial charge in [-0.2, -0.15) is 0 Å². The van der Waals surface area contributed by atoms with Crippen molar-refractivity contribution < 1.29 is 4.79 Å². The third kappa shape index (κ3) is 3.62. The molecule has 4 heteroatoms. The lowest BCUT2D eigenvalue weighted by molar-refractivity contribution is 0.0953. The van der Waals surface area contributed by atoms with Crippen LogP contribution in [0.4, 0.5) is 0 Å². The van der Waals surface area contributed by atoms with Gasteiger partial charge in [0.1, 0.15) is 0 Å². The molecule has 0 saturated heterocycles. The molecule has 0 aliphatic heterocycles. The van der Waals surface area contributed by atoms with Crippen LogP contribution in [0, 0.1) is 11.8 Å². The Hall–Kier alpha value is -1.50. The summed E-state index contributed by atoms with van der Waals surface area (Å²) in [6, 6.07) is 6.95. The molecule has 15 heavy (non-hydrogen) atoms. The number of alkyl halides is 1. The van der Waals surface area contributed by atoms with Crippen molar-refractivity contribution in [3.05, 3.63) is 35.4 Å². The second-order valence-electron chi connectivity index (χ2n) is 2.80. The summed E-state index contributed by atoms with van der Waals surface area (Å²) in [5.41, 5.74) is 3.34. The summed E-state index contributed by atoms with van der Waals surface area (Å²) < 4.78 is 0. The van der Waals surface area contributed by atoms with E-state index >= 15 is 0 Å². The van der Waals surface area contributed by atoms with Crippen LogP contribution in [0.2, 0.25) is 0 Å². The Kier molecular flexibility index (Phi) is 4.69. The average molecular weight is 223 g/mol. The van der Waals surface area contributed by atoms with Crippen molar-refractivity contribution in [2.75, 3.05) is 5.88 Å². The minimum absolute atomic E-state index is 0.323. The molecule has 0 atom stereocenters. The van der Waals surface area contributed by atoms with Gasteiger partial charge < -0.3 is 0 Å². The van der Waals surface area contributed by atoms with Crippen molar-refractivity contribution in [2.24, 2.45) is 5.84 Å². The highest BCUT2D eigenvalue weighted by Gasteiger charge is 2.01. The standard InChI is InChI=1S/C11H11ClN2O/c12-7-2-1-4-9-5-3-6-10(8-9)11(15)14-13/h3,5-6,8H,2,7,13H2,(H,14,15). The zero-order valence-electron chi connectivity index (χ0n) is 8.09. The number of hydrogen-bond donors (Lipinski definition) is 2. The van der Waals surface area contributed by atoms with Gasteiger partial charge in [-0.15, -0.1) is 11.6 Å². The van der Waals surface area contributed by atoms with Crippen LogP contribution in [0.5, 0.6) is 0 Å². The van der Waals surface area contributed by atoms with E-state index < -0.39 is 0 Å². The summed E-state index contributed by atoms with van der Waals surface area (Å²) in [5.74, 6) is 11.0. The number of halogens is 1. The van der Waals surface area contributed by atoms with Gasteiger partial charge in [-0.3, -0.25) is 10.2 Å². The number of carbonyl (C=O) groups excluding carboxylic acids is 1. The first-order chi connectivity index (χ1) is 7.27. The number of carbonyl (C=O) groups is 1. The number of hydrazine groups is 1. The first-order valence-electron chi connectivity index (χ1n) is 4.43. The Bertz CT molecular complexity index is 407. The van der Waals surface area contributed by atoms with Crippen LogP contribution in [0.1, 0.15) is 22.3 Å². The van der Waals surface area contributed by atoms with E-state index in [9.17, 15) is 4.79 Å². The maximum Gasteiger partial charge on any atom is 0.265 e. The first-order valence-corrected chi connectivity index (χ1v) is 4.97. The smallest absolute Gasteiger partial charge is 0.265 e. The lowest BCUT2D eigenvalue weighted by Gasteiger charge is -1.98. The first kappa shape index (κ1) is 11.6. The van der Waals surface area contributed by atoms with Gasteiger partial charge in [0.25, 0.3) is 5.91 Å². The van der Waals surface area contributed by atoms with Crippen LogP contribution >= 0.6 is 11.6 Å². The second-order valence-corrected chi connectivity index (χ2v) is 3.17. The number of nitrogen functional groups attached to an aromatic ring is 1. The van der Waals surface area contributed by atoms with Gasteiger partial charge in [-0.05, 0) is 18.2 Å². The molecule has 3 nitrogen and oxygen atoms in total. The molecule has 0 heterocycles. The predicted octanol–water partition coefficient (Wildman–Crippen LogP) is 1.27. The van der Waals surface area contributed by atoms with Gasteiger partial charge in [0, 0.05) is 23.4 Å². The highest BCUT2D eigenvalue weighted by molar-refractivity contribution is 6.18. The fraction of sp³-hybridized carbons (Fsp3) is 0.182. The van der Waals surface area contributed by atoms with Gasteiger partial charge in [0.2, 0.25) is 0 Å². The quantitative estimate of drug-likeness (QED) is 0.260. The van der Waals surface area contributed by atoms with E-state index in [0.29, 0.717) is 17.9 Å². The monoisotopic (exact) mass is 222 g/mol. The van der Waals surface area contributed by atoms with Gasteiger partial charge >= 0.3 is 0 Å². The van der Waals surface area contributed by atoms with Crippen LogP contribution in [-0.4, -0.2) is 11.8 Å². The van der Waals surface area contributed by atoms with E-state index in [1.54, 1.807) is 18.2 Å². The van der Waals surface area contributed by atoms with E-state index in [-0.39, 0.29) is 5.91 Å². The number of nitrogens with two attached hydrogens (primary N) is 1. The fourth-order valence-corrected chi connectivity index (χ4v) is 1.13. The molecule has 1 rings (SSSR count). The highest BCUT2D eigenvalue weighted by atomic mass is 35.5. The van der Waals surface area contributed by atoms with Gasteiger partial charge in [-0.25, -0.2) is 5.84 Å². The molecule has 0 unspecified atom stereocenters. The van der Waals surface area contributed by atoms with Crippen LogP contribution in [0.25, 0.3) is 0 Å². The Morgan fingerprint density at radius 2 is 2.33 bits per heavy atom. The number of nitrogens with one attached hydrogen (secondary N) is 1. The summed E-state index contributed by atoms with van der Waals surface area (Å²) >= 11 is 5.49. The molecule has 3 N–H and O–H groups in total. The predicted molar refractivity (Wildman–Crippen MR) is 60.3 cm³/mol. The Morgan fingerprint density at radius 3 is 3.00 bits per heavy atom. The Balaban J connectivity index is 2.84. The van der Waals surface area contributed by atoms with Crippen molar-refractivity contribution in [3.63, 3.8) is 0 Å². The Labute approximate surface area is 93.6 Å². The van der Waals surface area contributed by atoms with Gasteiger partial charge in [-0.1, -0.05) is 17.9 Å². The largest absolute Gasteiger partial charge is 0.290 e. The van der Waals surface area contributed by atoms with E-state index in [1.165, 1.54) is 0 Å². The maximum absolute atomic E-state index is 11.2. The SMILES string of the molecule is NNC(=O)c1cccc(C#CCCCl)c1. The van der Waals surface area contributed by atoms with Crippen molar-refractivity contribution in [1.82, 2.24) is 5.43 Å². The third-order valence-corrected chi connectivity index (χ3v) is 1.90. The van der Waals surface area contributed by atoms with E-state index in [0.717, 1.165) is 5.56 Å². The van der Waals surface area contributed by atoms with Gasteiger partial charge in [0.15, 0.2) is 0 Å². The zero-order valence-corrected chi connectivity index (χ0v) is 8.84. The third-order valence-electron chi connectivity index (χ3n) is 1.71. The Morgan fingerprint density at radius 1 is 1.53 bits per heavy atom. The summed E-state index contributed by atoms with van der Waals surface area (Å²) in [6.07, 6.45) is 0.634. The van der Waals surface area contributed by atoms with Crippen LogP contribution in [-0.2, 0) is 0 Å². The topological polar surface area (TPSA) is 55.1 Å². The van der Waals surface area contributed by atoms with Crippen LogP contribution in [0.3, 0.4) is 0 Å².